The van der Waals surface area contributed by atoms with E-state index in [0.29, 0.717) is 15.6 Å². The van der Waals surface area contributed by atoms with Crippen molar-refractivity contribution in [1.82, 2.24) is 5.32 Å². The fourth-order valence-corrected chi connectivity index (χ4v) is 2.97. The third kappa shape index (κ3) is 3.68. The van der Waals surface area contributed by atoms with Gasteiger partial charge in [0, 0.05) is 5.56 Å². The summed E-state index contributed by atoms with van der Waals surface area (Å²) in [5.41, 5.74) is 2.40. The van der Waals surface area contributed by atoms with Gasteiger partial charge in [-0.1, -0.05) is 37.3 Å². The number of hydrogen-bond acceptors (Lipinski definition) is 3. The van der Waals surface area contributed by atoms with Crippen LogP contribution < -0.4 is 5.32 Å². The summed E-state index contributed by atoms with van der Waals surface area (Å²) in [7, 11) is 0. The second-order valence-electron chi connectivity index (χ2n) is 5.02. The molecule has 1 heterocycles. The molecular weight excluding hydrogens is 311 g/mol. The molecule has 0 aliphatic carbocycles. The van der Waals surface area contributed by atoms with Crippen molar-refractivity contribution in [2.24, 2.45) is 4.99 Å². The molecule has 0 unspecified atom stereocenters. The lowest BCUT2D eigenvalue weighted by atomic mass is 10.2. The Bertz CT molecular complexity index is 797. The van der Waals surface area contributed by atoms with E-state index < -0.39 is 0 Å². The Hall–Kier alpha value is -2.40. The maximum Gasteiger partial charge on any atom is 0.264 e. The Morgan fingerprint density at radius 1 is 1.17 bits per heavy atom. The Labute approximate surface area is 138 Å². The van der Waals surface area contributed by atoms with Gasteiger partial charge in [-0.3, -0.25) is 4.79 Å². The molecule has 5 heteroatoms. The molecule has 116 valence electrons. The van der Waals surface area contributed by atoms with Crippen molar-refractivity contribution in [2.75, 3.05) is 0 Å². The number of nitrogens with one attached hydrogen (secondary N) is 1. The fourth-order valence-electron chi connectivity index (χ4n) is 2.14. The number of amides is 1. The average molecular weight is 326 g/mol. The number of carbonyl (C=O) groups is 1. The van der Waals surface area contributed by atoms with Crippen molar-refractivity contribution in [2.45, 2.75) is 13.3 Å². The van der Waals surface area contributed by atoms with Crippen LogP contribution in [0.1, 0.15) is 18.1 Å². The van der Waals surface area contributed by atoms with E-state index in [2.05, 4.69) is 17.2 Å². The van der Waals surface area contributed by atoms with Crippen molar-refractivity contribution >= 4 is 34.6 Å². The van der Waals surface area contributed by atoms with Crippen molar-refractivity contribution in [3.8, 4) is 0 Å². The van der Waals surface area contributed by atoms with Gasteiger partial charge in [-0.05, 0) is 48.0 Å². The van der Waals surface area contributed by atoms with Crippen LogP contribution in [0.15, 0.2) is 58.4 Å². The lowest BCUT2D eigenvalue weighted by Crippen LogP contribution is -2.19. The van der Waals surface area contributed by atoms with Crippen LogP contribution in [0.4, 0.5) is 10.1 Å². The molecule has 1 aliphatic heterocycles. The van der Waals surface area contributed by atoms with Gasteiger partial charge in [0.05, 0.1) is 10.6 Å². The average Bonchev–Trinajstić information content (AvgIpc) is 2.90. The summed E-state index contributed by atoms with van der Waals surface area (Å²) in [6.45, 7) is 2.09. The number of amidine groups is 1. The number of rotatable bonds is 3. The minimum atomic E-state index is -0.353. The molecule has 1 amide bonds. The minimum Gasteiger partial charge on any atom is -0.300 e. The second kappa shape index (κ2) is 6.79. The smallest absolute Gasteiger partial charge is 0.264 e. The number of carbonyl (C=O) groups excluding carboxylic acids is 1. The van der Waals surface area contributed by atoms with Crippen LogP contribution in [0.5, 0.6) is 0 Å². The van der Waals surface area contributed by atoms with Gasteiger partial charge in [0.15, 0.2) is 5.17 Å². The summed E-state index contributed by atoms with van der Waals surface area (Å²) in [5.74, 6) is -0.615. The molecule has 2 aromatic rings. The zero-order valence-electron chi connectivity index (χ0n) is 12.5. The van der Waals surface area contributed by atoms with Crippen LogP contribution in [0.25, 0.3) is 6.08 Å². The molecule has 0 aromatic heterocycles. The molecule has 1 aliphatic rings. The molecule has 23 heavy (non-hydrogen) atoms. The summed E-state index contributed by atoms with van der Waals surface area (Å²) in [4.78, 5) is 16.8. The molecule has 0 radical (unpaired) electrons. The van der Waals surface area contributed by atoms with E-state index in [4.69, 9.17) is 0 Å². The Kier molecular flexibility index (Phi) is 4.57. The molecule has 0 spiro atoms. The highest BCUT2D eigenvalue weighted by Gasteiger charge is 2.24. The summed E-state index contributed by atoms with van der Waals surface area (Å²) in [5, 5.41) is 3.21. The minimum absolute atomic E-state index is 0.262. The van der Waals surface area contributed by atoms with E-state index in [0.717, 1.165) is 12.1 Å². The molecule has 1 saturated heterocycles. The first kappa shape index (κ1) is 15.5. The van der Waals surface area contributed by atoms with E-state index in [-0.39, 0.29) is 11.7 Å². The third-order valence-electron chi connectivity index (χ3n) is 3.42. The number of thioether (sulfide) groups is 1. The number of hydrogen-bond donors (Lipinski definition) is 1. The molecule has 2 aromatic carbocycles. The van der Waals surface area contributed by atoms with Crippen molar-refractivity contribution in [3.05, 3.63) is 70.4 Å². The zero-order valence-corrected chi connectivity index (χ0v) is 13.4. The second-order valence-corrected chi connectivity index (χ2v) is 6.05. The summed E-state index contributed by atoms with van der Waals surface area (Å²) in [6.07, 6.45) is 2.51. The van der Waals surface area contributed by atoms with Gasteiger partial charge in [0.2, 0.25) is 0 Å². The molecule has 3 nitrogen and oxygen atoms in total. The normalized spacial score (nSPS) is 17.7. The molecule has 0 atom stereocenters. The molecule has 0 saturated carbocycles. The van der Waals surface area contributed by atoms with E-state index in [1.54, 1.807) is 18.2 Å². The number of aliphatic imine (C=N–C) groups is 1. The number of aryl methyl sites for hydroxylation is 1. The highest BCUT2D eigenvalue weighted by Crippen LogP contribution is 2.28. The van der Waals surface area contributed by atoms with Gasteiger partial charge in [0.1, 0.15) is 5.82 Å². The summed E-state index contributed by atoms with van der Waals surface area (Å²) >= 11 is 1.21. The molecule has 3 rings (SSSR count). The lowest BCUT2D eigenvalue weighted by Gasteiger charge is -1.98. The first-order chi connectivity index (χ1) is 11.2. The predicted molar refractivity (Wildman–Crippen MR) is 93.0 cm³/mol. The maximum absolute atomic E-state index is 13.7. The van der Waals surface area contributed by atoms with Crippen LogP contribution in [0.2, 0.25) is 0 Å². The highest BCUT2D eigenvalue weighted by molar-refractivity contribution is 8.18. The first-order valence-corrected chi connectivity index (χ1v) is 8.10. The largest absolute Gasteiger partial charge is 0.300 e. The predicted octanol–water partition coefficient (Wildman–Crippen LogP) is 4.28. The molecular formula is C18H15FN2OS. The van der Waals surface area contributed by atoms with Crippen molar-refractivity contribution < 1.29 is 9.18 Å². The Morgan fingerprint density at radius 3 is 2.61 bits per heavy atom. The van der Waals surface area contributed by atoms with Gasteiger partial charge < -0.3 is 5.32 Å². The van der Waals surface area contributed by atoms with Gasteiger partial charge in [-0.15, -0.1) is 0 Å². The van der Waals surface area contributed by atoms with Crippen molar-refractivity contribution in [3.63, 3.8) is 0 Å². The fraction of sp³-hybridized carbons (Fsp3) is 0.111. The molecule has 0 bridgehead atoms. The van der Waals surface area contributed by atoms with Crippen LogP contribution >= 0.6 is 11.8 Å². The summed E-state index contributed by atoms with van der Waals surface area (Å²) < 4.78 is 13.7. The van der Waals surface area contributed by atoms with Crippen LogP contribution in [0, 0.1) is 5.82 Å². The number of nitrogens with zero attached hydrogens (tertiary/aromatic N) is 1. The summed E-state index contributed by atoms with van der Waals surface area (Å²) in [6, 6.07) is 14.2. The molecule has 1 fully saturated rings. The van der Waals surface area contributed by atoms with E-state index >= 15 is 0 Å². The van der Waals surface area contributed by atoms with Gasteiger partial charge in [0.25, 0.3) is 5.91 Å². The van der Waals surface area contributed by atoms with Gasteiger partial charge in [-0.2, -0.15) is 0 Å². The van der Waals surface area contributed by atoms with Crippen LogP contribution in [-0.2, 0) is 11.2 Å². The Balaban J connectivity index is 1.81. The van der Waals surface area contributed by atoms with Gasteiger partial charge >= 0.3 is 0 Å². The monoisotopic (exact) mass is 326 g/mol. The van der Waals surface area contributed by atoms with Crippen LogP contribution in [0.3, 0.4) is 0 Å². The zero-order chi connectivity index (χ0) is 16.2. The standard InChI is InChI=1S/C18H15FN2OS/c1-2-12-7-9-14(10-8-12)20-18-21-17(22)16(23-18)11-13-5-3-4-6-15(13)19/h3-11H,2H2,1H3,(H,20,21,22). The van der Waals surface area contributed by atoms with Crippen LogP contribution in [-0.4, -0.2) is 11.1 Å². The maximum atomic E-state index is 13.7. The third-order valence-corrected chi connectivity index (χ3v) is 4.33. The quantitative estimate of drug-likeness (QED) is 0.855. The van der Waals surface area contributed by atoms with E-state index in [1.165, 1.54) is 29.5 Å². The number of benzene rings is 2. The first-order valence-electron chi connectivity index (χ1n) is 7.29. The highest BCUT2D eigenvalue weighted by atomic mass is 32.2. The van der Waals surface area contributed by atoms with E-state index in [1.807, 2.05) is 24.3 Å². The van der Waals surface area contributed by atoms with Crippen molar-refractivity contribution in [1.29, 1.82) is 0 Å². The lowest BCUT2D eigenvalue weighted by molar-refractivity contribution is -0.115. The van der Waals surface area contributed by atoms with E-state index in [9.17, 15) is 9.18 Å². The van der Waals surface area contributed by atoms with Gasteiger partial charge in [-0.25, -0.2) is 9.38 Å². The topological polar surface area (TPSA) is 41.5 Å². The molecule has 1 N–H and O–H groups in total. The SMILES string of the molecule is CCc1ccc(N=C2NC(=O)C(=Cc3ccccc3F)S2)cc1. The Morgan fingerprint density at radius 2 is 1.91 bits per heavy atom. The number of halogens is 1.